The summed E-state index contributed by atoms with van der Waals surface area (Å²) in [4.78, 5) is 14.5. The van der Waals surface area contributed by atoms with Gasteiger partial charge >= 0.3 is 0 Å². The Morgan fingerprint density at radius 3 is 2.39 bits per heavy atom. The molecule has 1 aliphatic rings. The third kappa shape index (κ3) is 2.94. The number of benzene rings is 2. The molecule has 0 spiro atoms. The predicted molar refractivity (Wildman–Crippen MR) is 110 cm³/mol. The third-order valence-corrected chi connectivity index (χ3v) is 7.04. The van der Waals surface area contributed by atoms with E-state index in [0.717, 1.165) is 22.1 Å². The lowest BCUT2D eigenvalue weighted by atomic mass is 9.94. The minimum Gasteiger partial charge on any atom is -0.373 e. The second-order valence-corrected chi connectivity index (χ2v) is 9.15. The molecule has 2 aromatic carbocycles. The molecular weight excluding hydrogens is 372 g/mol. The van der Waals surface area contributed by atoms with Crippen molar-refractivity contribution in [1.29, 1.82) is 0 Å². The molecule has 1 aliphatic heterocycles. The quantitative estimate of drug-likeness (QED) is 0.673. The first-order valence-electron chi connectivity index (χ1n) is 9.15. The van der Waals surface area contributed by atoms with Crippen molar-refractivity contribution in [3.8, 4) is 0 Å². The first-order valence-corrected chi connectivity index (χ1v) is 10.6. The summed E-state index contributed by atoms with van der Waals surface area (Å²) in [7, 11) is -1.83. The monoisotopic (exact) mass is 394 g/mol. The Balaban J connectivity index is 1.91. The number of aryl methyl sites for hydroxylation is 1. The molecule has 0 bridgehead atoms. The highest BCUT2D eigenvalue weighted by atomic mass is 32.2. The Bertz CT molecular complexity index is 1200. The molecule has 6 heteroatoms. The number of hydrogen-bond donors (Lipinski definition) is 0. The van der Waals surface area contributed by atoms with Crippen LogP contribution in [0, 0.1) is 6.92 Å². The second-order valence-electron chi connectivity index (χ2n) is 7.34. The molecular formula is C22H22N2O3S. The molecule has 0 amide bonds. The Kier molecular flexibility index (Phi) is 4.38. The van der Waals surface area contributed by atoms with Gasteiger partial charge in [0, 0.05) is 42.4 Å². The molecule has 3 aromatic rings. The zero-order valence-electron chi connectivity index (χ0n) is 16.1. The number of para-hydroxylation sites is 1. The number of nitrogens with zero attached hydrogens (tertiary/aromatic N) is 2. The van der Waals surface area contributed by atoms with Crippen LogP contribution in [0.2, 0.25) is 0 Å². The van der Waals surface area contributed by atoms with Crippen LogP contribution in [0.4, 0.5) is 0 Å². The number of allylic oxidation sites excluding steroid dienone is 1. The molecule has 4 rings (SSSR count). The maximum atomic E-state index is 13.3. The lowest BCUT2D eigenvalue weighted by Crippen LogP contribution is -2.27. The number of aromatic nitrogens is 1. The molecule has 2 heterocycles. The highest BCUT2D eigenvalue weighted by Gasteiger charge is 2.29. The average molecular weight is 394 g/mol. The summed E-state index contributed by atoms with van der Waals surface area (Å²) in [5, 5.41) is 0.843. The van der Waals surface area contributed by atoms with Crippen LogP contribution in [0.3, 0.4) is 0 Å². The van der Waals surface area contributed by atoms with Gasteiger partial charge in [0.1, 0.15) is 0 Å². The van der Waals surface area contributed by atoms with Gasteiger partial charge in [-0.3, -0.25) is 4.79 Å². The molecule has 0 saturated carbocycles. The number of fused-ring (bicyclic) bond motifs is 1. The first-order chi connectivity index (χ1) is 13.3. The van der Waals surface area contributed by atoms with Gasteiger partial charge in [-0.05, 0) is 32.0 Å². The van der Waals surface area contributed by atoms with Crippen LogP contribution < -0.4 is 0 Å². The third-order valence-electron chi connectivity index (χ3n) is 5.35. The van der Waals surface area contributed by atoms with E-state index < -0.39 is 10.0 Å². The Hall–Kier alpha value is -2.86. The maximum absolute atomic E-state index is 13.3. The summed E-state index contributed by atoms with van der Waals surface area (Å²) < 4.78 is 28.0. The van der Waals surface area contributed by atoms with Crippen LogP contribution >= 0.6 is 0 Å². The van der Waals surface area contributed by atoms with Gasteiger partial charge in [0.15, 0.2) is 5.78 Å². The fourth-order valence-corrected chi connectivity index (χ4v) is 5.12. The largest absolute Gasteiger partial charge is 0.373 e. The van der Waals surface area contributed by atoms with Crippen LogP contribution in [0.15, 0.2) is 71.4 Å². The smallest absolute Gasteiger partial charge is 0.268 e. The van der Waals surface area contributed by atoms with Crippen LogP contribution in [0.25, 0.3) is 10.9 Å². The molecule has 1 unspecified atom stereocenters. The fourth-order valence-electron chi connectivity index (χ4n) is 3.74. The Morgan fingerprint density at radius 1 is 1.00 bits per heavy atom. The van der Waals surface area contributed by atoms with E-state index in [2.05, 4.69) is 0 Å². The van der Waals surface area contributed by atoms with E-state index in [-0.39, 0.29) is 16.7 Å². The summed E-state index contributed by atoms with van der Waals surface area (Å²) in [5.74, 6) is 0.0846. The highest BCUT2D eigenvalue weighted by Crippen LogP contribution is 2.36. The second kappa shape index (κ2) is 6.63. The normalized spacial score (nSPS) is 17.8. The van der Waals surface area contributed by atoms with Crippen molar-refractivity contribution in [3.63, 3.8) is 0 Å². The average Bonchev–Trinajstić information content (AvgIpc) is 3.05. The topological polar surface area (TPSA) is 59.4 Å². The van der Waals surface area contributed by atoms with Gasteiger partial charge in [0.25, 0.3) is 10.0 Å². The number of hydrogen-bond acceptors (Lipinski definition) is 4. The van der Waals surface area contributed by atoms with Gasteiger partial charge < -0.3 is 4.90 Å². The number of carbonyl (C=O) groups is 1. The van der Waals surface area contributed by atoms with E-state index in [9.17, 15) is 13.2 Å². The summed E-state index contributed by atoms with van der Waals surface area (Å²) in [5.41, 5.74) is 3.17. The zero-order chi connectivity index (χ0) is 20.1. The molecule has 28 heavy (non-hydrogen) atoms. The number of Topliss-reactive ketones (excluding diaryl/α,β-unsaturated/α-hetero) is 1. The van der Waals surface area contributed by atoms with Crippen LogP contribution in [-0.2, 0) is 14.8 Å². The summed E-state index contributed by atoms with van der Waals surface area (Å²) in [6, 6.07) is 14.1. The molecule has 1 atom stereocenters. The highest BCUT2D eigenvalue weighted by molar-refractivity contribution is 7.90. The van der Waals surface area contributed by atoms with E-state index in [1.54, 1.807) is 43.5 Å². The number of rotatable bonds is 3. The lowest BCUT2D eigenvalue weighted by molar-refractivity contribution is -0.117. The molecule has 0 fully saturated rings. The maximum Gasteiger partial charge on any atom is 0.268 e. The molecule has 1 aromatic heterocycles. The van der Waals surface area contributed by atoms with E-state index >= 15 is 0 Å². The fraction of sp³-hybridized carbons (Fsp3) is 0.227. The Morgan fingerprint density at radius 2 is 1.68 bits per heavy atom. The van der Waals surface area contributed by atoms with Crippen LogP contribution in [-0.4, -0.2) is 30.1 Å². The van der Waals surface area contributed by atoms with Crippen molar-refractivity contribution in [2.75, 3.05) is 7.05 Å². The van der Waals surface area contributed by atoms with E-state index in [4.69, 9.17) is 0 Å². The van der Waals surface area contributed by atoms with Gasteiger partial charge in [-0.25, -0.2) is 12.4 Å². The van der Waals surface area contributed by atoms with Crippen molar-refractivity contribution in [2.24, 2.45) is 0 Å². The van der Waals surface area contributed by atoms with Gasteiger partial charge in [-0.15, -0.1) is 0 Å². The molecule has 0 aliphatic carbocycles. The summed E-state index contributed by atoms with van der Waals surface area (Å²) in [6.45, 7) is 3.73. The van der Waals surface area contributed by atoms with Crippen LogP contribution in [0.1, 0.15) is 30.5 Å². The standard InChI is InChI=1S/C22H22N2O3S/c1-15-8-10-17(11-9-15)28(26,27)24-14-19(18-6-4-5-7-20(18)24)21-12-22(25)16(2)13-23(21)3/h4-11,13-14,21H,12H2,1-3H3. The Labute approximate surface area is 164 Å². The van der Waals surface area contributed by atoms with Gasteiger partial charge in [-0.1, -0.05) is 35.9 Å². The molecule has 144 valence electrons. The predicted octanol–water partition coefficient (Wildman–Crippen LogP) is 4.04. The minimum atomic E-state index is -3.74. The van der Waals surface area contributed by atoms with E-state index in [1.165, 1.54) is 3.97 Å². The SMILES string of the molecule is CC1=CN(C)C(c2cn(S(=O)(=O)c3ccc(C)cc3)c3ccccc23)CC1=O. The lowest BCUT2D eigenvalue weighted by Gasteiger charge is -2.30. The van der Waals surface area contributed by atoms with Gasteiger partial charge in [0.05, 0.1) is 16.5 Å². The van der Waals surface area contributed by atoms with Gasteiger partial charge in [-0.2, -0.15) is 0 Å². The van der Waals surface area contributed by atoms with Crippen molar-refractivity contribution in [3.05, 3.63) is 77.6 Å². The molecule has 0 radical (unpaired) electrons. The molecule has 0 saturated heterocycles. The van der Waals surface area contributed by atoms with Crippen molar-refractivity contribution in [1.82, 2.24) is 8.87 Å². The first kappa shape index (κ1) is 18.5. The number of ketones is 1. The minimum absolute atomic E-state index is 0.0846. The van der Waals surface area contributed by atoms with E-state index in [1.807, 2.05) is 43.3 Å². The van der Waals surface area contributed by atoms with Crippen molar-refractivity contribution in [2.45, 2.75) is 31.2 Å². The van der Waals surface area contributed by atoms with Crippen molar-refractivity contribution < 1.29 is 13.2 Å². The summed E-state index contributed by atoms with van der Waals surface area (Å²) >= 11 is 0. The number of carbonyl (C=O) groups excluding carboxylic acids is 1. The summed E-state index contributed by atoms with van der Waals surface area (Å²) in [6.07, 6.45) is 3.83. The van der Waals surface area contributed by atoms with Crippen molar-refractivity contribution >= 4 is 26.7 Å². The van der Waals surface area contributed by atoms with Crippen LogP contribution in [0.5, 0.6) is 0 Å². The van der Waals surface area contributed by atoms with Gasteiger partial charge in [0.2, 0.25) is 0 Å². The zero-order valence-corrected chi connectivity index (χ0v) is 16.9. The molecule has 0 N–H and O–H groups in total. The van der Waals surface area contributed by atoms with E-state index in [0.29, 0.717) is 11.9 Å². The molecule has 5 nitrogen and oxygen atoms in total.